The number of hydrogen-bond donors (Lipinski definition) is 2. The lowest BCUT2D eigenvalue weighted by atomic mass is 9.91. The number of halogens is 1. The van der Waals surface area contributed by atoms with Gasteiger partial charge in [0, 0.05) is 28.8 Å². The first-order valence-corrected chi connectivity index (χ1v) is 7.23. The number of anilines is 1. The minimum atomic E-state index is -0.216. The molecule has 1 aliphatic heterocycles. The van der Waals surface area contributed by atoms with Crippen LogP contribution >= 0.6 is 15.9 Å². The fourth-order valence-electron chi connectivity index (χ4n) is 2.59. The minimum Gasteiger partial charge on any atom is -0.393 e. The topological polar surface area (TPSA) is 43.7 Å². The van der Waals surface area contributed by atoms with E-state index in [0.717, 1.165) is 41.7 Å². The highest BCUT2D eigenvalue weighted by Crippen LogP contribution is 2.30. The second kappa shape index (κ2) is 6.04. The Kier molecular flexibility index (Phi) is 4.65. The SMILES string of the molecule is CC(O)C1CCN(c2cc(Br)ccc2CO)CC1. The zero-order valence-corrected chi connectivity index (χ0v) is 12.2. The lowest BCUT2D eigenvalue weighted by Crippen LogP contribution is -2.37. The number of piperidine rings is 1. The number of rotatable bonds is 3. The minimum absolute atomic E-state index is 0.0684. The Balaban J connectivity index is 2.11. The molecule has 2 N–H and O–H groups in total. The van der Waals surface area contributed by atoms with Crippen LogP contribution in [0.2, 0.25) is 0 Å². The molecular formula is C14H20BrNO2. The standard InChI is InChI=1S/C14H20BrNO2/c1-10(18)11-4-6-16(7-5-11)14-8-13(15)3-2-12(14)9-17/h2-3,8,10-11,17-18H,4-7,9H2,1H3. The van der Waals surface area contributed by atoms with Crippen LogP contribution in [0.1, 0.15) is 25.3 Å². The largest absolute Gasteiger partial charge is 0.393 e. The van der Waals surface area contributed by atoms with Crippen LogP contribution in [0, 0.1) is 5.92 Å². The second-order valence-corrected chi connectivity index (χ2v) is 5.91. The predicted octanol–water partition coefficient (Wildman–Crippen LogP) is 2.54. The molecule has 2 rings (SSSR count). The van der Waals surface area contributed by atoms with Crippen molar-refractivity contribution in [3.05, 3.63) is 28.2 Å². The van der Waals surface area contributed by atoms with Gasteiger partial charge in [-0.25, -0.2) is 0 Å². The Morgan fingerprint density at radius 3 is 2.61 bits per heavy atom. The maximum atomic E-state index is 9.61. The maximum absolute atomic E-state index is 9.61. The Morgan fingerprint density at radius 1 is 1.39 bits per heavy atom. The van der Waals surface area contributed by atoms with E-state index in [1.165, 1.54) is 0 Å². The van der Waals surface area contributed by atoms with Gasteiger partial charge in [-0.05, 0) is 37.8 Å². The van der Waals surface area contributed by atoms with E-state index in [0.29, 0.717) is 5.92 Å². The average molecular weight is 314 g/mol. The molecule has 1 fully saturated rings. The molecule has 0 spiro atoms. The van der Waals surface area contributed by atoms with E-state index < -0.39 is 0 Å². The van der Waals surface area contributed by atoms with E-state index in [1.54, 1.807) is 0 Å². The van der Waals surface area contributed by atoms with Crippen molar-refractivity contribution in [2.24, 2.45) is 5.92 Å². The first kappa shape index (κ1) is 13.8. The Labute approximate surface area is 117 Å². The summed E-state index contributed by atoms with van der Waals surface area (Å²) in [6.45, 7) is 3.83. The van der Waals surface area contributed by atoms with Gasteiger partial charge < -0.3 is 15.1 Å². The van der Waals surface area contributed by atoms with Gasteiger partial charge in [0.15, 0.2) is 0 Å². The number of benzene rings is 1. The van der Waals surface area contributed by atoms with E-state index in [-0.39, 0.29) is 12.7 Å². The molecule has 3 nitrogen and oxygen atoms in total. The van der Waals surface area contributed by atoms with Crippen molar-refractivity contribution in [1.29, 1.82) is 0 Å². The second-order valence-electron chi connectivity index (χ2n) is 5.00. The van der Waals surface area contributed by atoms with Gasteiger partial charge >= 0.3 is 0 Å². The molecule has 1 unspecified atom stereocenters. The van der Waals surface area contributed by atoms with Crippen molar-refractivity contribution in [3.63, 3.8) is 0 Å². The highest BCUT2D eigenvalue weighted by atomic mass is 79.9. The van der Waals surface area contributed by atoms with Crippen molar-refractivity contribution in [2.45, 2.75) is 32.5 Å². The van der Waals surface area contributed by atoms with Crippen LogP contribution in [0.15, 0.2) is 22.7 Å². The molecule has 1 aliphatic rings. The number of nitrogens with zero attached hydrogens (tertiary/aromatic N) is 1. The van der Waals surface area contributed by atoms with Crippen LogP contribution in [0.5, 0.6) is 0 Å². The van der Waals surface area contributed by atoms with E-state index >= 15 is 0 Å². The van der Waals surface area contributed by atoms with E-state index in [4.69, 9.17) is 0 Å². The molecule has 0 saturated carbocycles. The normalized spacial score (nSPS) is 19.0. The summed E-state index contributed by atoms with van der Waals surface area (Å²) in [5.74, 6) is 0.408. The molecular weight excluding hydrogens is 294 g/mol. The molecule has 0 amide bonds. The average Bonchev–Trinajstić information content (AvgIpc) is 2.39. The number of aliphatic hydroxyl groups excluding tert-OH is 2. The highest BCUT2D eigenvalue weighted by molar-refractivity contribution is 9.10. The molecule has 0 aromatic heterocycles. The zero-order valence-electron chi connectivity index (χ0n) is 10.6. The summed E-state index contributed by atoms with van der Waals surface area (Å²) in [5, 5.41) is 19.0. The number of aliphatic hydroxyl groups is 2. The van der Waals surface area contributed by atoms with Crippen LogP contribution in [-0.2, 0) is 6.61 Å². The molecule has 1 atom stereocenters. The number of hydrogen-bond acceptors (Lipinski definition) is 3. The van der Waals surface area contributed by atoms with Crippen LogP contribution in [-0.4, -0.2) is 29.4 Å². The van der Waals surface area contributed by atoms with Crippen LogP contribution in [0.4, 0.5) is 5.69 Å². The summed E-state index contributed by atoms with van der Waals surface area (Å²) in [5.41, 5.74) is 2.07. The summed E-state index contributed by atoms with van der Waals surface area (Å²) in [6, 6.07) is 5.98. The summed E-state index contributed by atoms with van der Waals surface area (Å²) >= 11 is 3.48. The van der Waals surface area contributed by atoms with Crippen molar-refractivity contribution in [2.75, 3.05) is 18.0 Å². The monoisotopic (exact) mass is 313 g/mol. The molecule has 0 bridgehead atoms. The van der Waals surface area contributed by atoms with Crippen LogP contribution < -0.4 is 4.90 Å². The van der Waals surface area contributed by atoms with Crippen molar-refractivity contribution in [3.8, 4) is 0 Å². The zero-order chi connectivity index (χ0) is 13.1. The fraction of sp³-hybridized carbons (Fsp3) is 0.571. The molecule has 0 radical (unpaired) electrons. The molecule has 1 aromatic rings. The van der Waals surface area contributed by atoms with Gasteiger partial charge in [0.25, 0.3) is 0 Å². The van der Waals surface area contributed by atoms with Gasteiger partial charge in [0.1, 0.15) is 0 Å². The Bertz CT molecular complexity index is 401. The Morgan fingerprint density at radius 2 is 2.06 bits per heavy atom. The summed E-state index contributed by atoms with van der Waals surface area (Å²) in [6.07, 6.45) is 1.80. The van der Waals surface area contributed by atoms with Gasteiger partial charge in [-0.2, -0.15) is 0 Å². The summed E-state index contributed by atoms with van der Waals surface area (Å²) in [4.78, 5) is 2.30. The van der Waals surface area contributed by atoms with Crippen LogP contribution in [0.3, 0.4) is 0 Å². The smallest absolute Gasteiger partial charge is 0.0702 e. The van der Waals surface area contributed by atoms with E-state index in [2.05, 4.69) is 26.9 Å². The quantitative estimate of drug-likeness (QED) is 0.901. The van der Waals surface area contributed by atoms with Gasteiger partial charge in [-0.1, -0.05) is 22.0 Å². The summed E-state index contributed by atoms with van der Waals surface area (Å²) < 4.78 is 1.03. The molecule has 0 aliphatic carbocycles. The lowest BCUT2D eigenvalue weighted by molar-refractivity contribution is 0.110. The van der Waals surface area contributed by atoms with Gasteiger partial charge in [-0.3, -0.25) is 0 Å². The van der Waals surface area contributed by atoms with Gasteiger partial charge in [-0.15, -0.1) is 0 Å². The molecule has 18 heavy (non-hydrogen) atoms. The van der Waals surface area contributed by atoms with Crippen LogP contribution in [0.25, 0.3) is 0 Å². The van der Waals surface area contributed by atoms with E-state index in [1.807, 2.05) is 19.1 Å². The molecule has 4 heteroatoms. The molecule has 1 saturated heterocycles. The maximum Gasteiger partial charge on any atom is 0.0702 e. The third kappa shape index (κ3) is 3.05. The first-order chi connectivity index (χ1) is 8.61. The molecule has 1 heterocycles. The predicted molar refractivity (Wildman–Crippen MR) is 76.7 cm³/mol. The lowest BCUT2D eigenvalue weighted by Gasteiger charge is -2.35. The third-order valence-electron chi connectivity index (χ3n) is 3.78. The molecule has 100 valence electrons. The Hall–Kier alpha value is -0.580. The van der Waals surface area contributed by atoms with E-state index in [9.17, 15) is 10.2 Å². The molecule has 1 aromatic carbocycles. The van der Waals surface area contributed by atoms with Gasteiger partial charge in [0.05, 0.1) is 12.7 Å². The third-order valence-corrected chi connectivity index (χ3v) is 4.27. The highest BCUT2D eigenvalue weighted by Gasteiger charge is 2.23. The van der Waals surface area contributed by atoms with Gasteiger partial charge in [0.2, 0.25) is 0 Å². The van der Waals surface area contributed by atoms with Crippen molar-refractivity contribution in [1.82, 2.24) is 0 Å². The van der Waals surface area contributed by atoms with Crippen molar-refractivity contribution < 1.29 is 10.2 Å². The first-order valence-electron chi connectivity index (χ1n) is 6.44. The summed E-state index contributed by atoms with van der Waals surface area (Å²) in [7, 11) is 0. The fourth-order valence-corrected chi connectivity index (χ4v) is 2.94. The van der Waals surface area contributed by atoms with Crippen molar-refractivity contribution >= 4 is 21.6 Å².